The van der Waals surface area contributed by atoms with E-state index in [1.165, 1.54) is 0 Å². The van der Waals surface area contributed by atoms with Crippen molar-refractivity contribution in [2.45, 2.75) is 31.5 Å². The van der Waals surface area contributed by atoms with Crippen LogP contribution in [0.5, 0.6) is 0 Å². The predicted octanol–water partition coefficient (Wildman–Crippen LogP) is 4.85. The quantitative estimate of drug-likeness (QED) is 0.665. The molecule has 0 aliphatic carbocycles. The zero-order valence-corrected chi connectivity index (χ0v) is 10.8. The van der Waals surface area contributed by atoms with Crippen molar-refractivity contribution in [3.05, 3.63) is 0 Å². The third-order valence-corrected chi connectivity index (χ3v) is 1.23. The Kier molecular flexibility index (Phi) is 11.8. The van der Waals surface area contributed by atoms with Gasteiger partial charge in [-0.3, -0.25) is 9.13 Å². The van der Waals surface area contributed by atoms with E-state index in [9.17, 15) is 52.7 Å². The predicted molar refractivity (Wildman–Crippen MR) is 47.7 cm³/mol. The van der Waals surface area contributed by atoms with Crippen LogP contribution in [-0.2, 0) is 9.47 Å². The first-order chi connectivity index (χ1) is 9.52. The SMILES string of the molecule is CC(F)(OCF)C(F)(F)F.CF.FC(F)(F)COC(F)(F)F. The number of alkyl halides is 12. The summed E-state index contributed by atoms with van der Waals surface area (Å²) < 4.78 is 138. The molecular weight excluding hydrogens is 356 g/mol. The molecule has 0 fully saturated rings. The second kappa shape index (κ2) is 9.97. The van der Waals surface area contributed by atoms with Gasteiger partial charge in [-0.15, -0.1) is 13.2 Å². The van der Waals surface area contributed by atoms with Gasteiger partial charge in [-0.2, -0.15) is 26.3 Å². The minimum absolute atomic E-state index is 0.104. The van der Waals surface area contributed by atoms with Crippen molar-refractivity contribution in [1.29, 1.82) is 0 Å². The third kappa shape index (κ3) is 17.1. The van der Waals surface area contributed by atoms with Gasteiger partial charge in [0, 0.05) is 6.92 Å². The van der Waals surface area contributed by atoms with Crippen molar-refractivity contribution in [3.63, 3.8) is 0 Å². The van der Waals surface area contributed by atoms with E-state index in [1.54, 1.807) is 0 Å². The molecule has 0 saturated heterocycles. The second-order valence-corrected chi connectivity index (χ2v) is 3.02. The Morgan fingerprint density at radius 2 is 1.09 bits per heavy atom. The van der Waals surface area contributed by atoms with Gasteiger partial charge in [0.05, 0.1) is 7.18 Å². The zero-order valence-electron chi connectivity index (χ0n) is 10.8. The fourth-order valence-corrected chi connectivity index (χ4v) is 0.348. The van der Waals surface area contributed by atoms with Gasteiger partial charge in [0.15, 0.2) is 13.5 Å². The van der Waals surface area contributed by atoms with Crippen LogP contribution in [0.1, 0.15) is 6.92 Å². The molecule has 0 saturated carbocycles. The Morgan fingerprint density at radius 1 is 0.727 bits per heavy atom. The summed E-state index contributed by atoms with van der Waals surface area (Å²) in [6.07, 6.45) is -15.3. The molecule has 0 aliphatic rings. The summed E-state index contributed by atoms with van der Waals surface area (Å²) in [6, 6.07) is 0. The summed E-state index contributed by atoms with van der Waals surface area (Å²) in [5.41, 5.74) is 0. The topological polar surface area (TPSA) is 18.5 Å². The minimum atomic E-state index is -5.21. The fraction of sp³-hybridized carbons (Fsp3) is 1.00. The summed E-state index contributed by atoms with van der Waals surface area (Å²) in [6.45, 7) is -3.99. The van der Waals surface area contributed by atoms with Gasteiger partial charge in [0.1, 0.15) is 0 Å². The molecule has 2 nitrogen and oxygen atoms in total. The van der Waals surface area contributed by atoms with Crippen LogP contribution in [-0.4, -0.2) is 45.2 Å². The maximum absolute atomic E-state index is 12.0. The molecule has 0 bridgehead atoms. The minimum Gasteiger partial charge on any atom is -0.307 e. The largest absolute Gasteiger partial charge is 0.522 e. The van der Waals surface area contributed by atoms with Gasteiger partial charge in [-0.05, 0) is 0 Å². The molecule has 0 aliphatic heterocycles. The normalized spacial score (nSPS) is 15.0. The monoisotopic (exact) mass is 366 g/mol. The highest BCUT2D eigenvalue weighted by molar-refractivity contribution is 4.69. The molecule has 1 atom stereocenters. The standard InChI is InChI=1S/C4H5F5O.C3H2F6O.CH3F/c1-3(6,10-2-5)4(7,8)9;4-2(5,6)1-10-3(7,8)9;1-2/h2H2,1H3;1H2;1H3. The van der Waals surface area contributed by atoms with Crippen molar-refractivity contribution in [2.24, 2.45) is 0 Å². The molecule has 1 unspecified atom stereocenters. The summed E-state index contributed by atoms with van der Waals surface area (Å²) in [7, 11) is 0.500. The molecule has 14 heteroatoms. The molecule has 22 heavy (non-hydrogen) atoms. The van der Waals surface area contributed by atoms with Crippen LogP contribution in [0, 0.1) is 0 Å². The molecule has 0 aromatic heterocycles. The highest BCUT2D eigenvalue weighted by atomic mass is 19.4. The first kappa shape index (κ1) is 26.0. The third-order valence-electron chi connectivity index (χ3n) is 1.23. The van der Waals surface area contributed by atoms with E-state index in [4.69, 9.17) is 0 Å². The maximum Gasteiger partial charge on any atom is 0.522 e. The van der Waals surface area contributed by atoms with Gasteiger partial charge in [-0.1, -0.05) is 0 Å². The first-order valence-corrected chi connectivity index (χ1v) is 4.62. The van der Waals surface area contributed by atoms with Crippen LogP contribution in [0.3, 0.4) is 0 Å². The molecule has 0 radical (unpaired) electrons. The fourth-order valence-electron chi connectivity index (χ4n) is 0.348. The van der Waals surface area contributed by atoms with Crippen LogP contribution >= 0.6 is 0 Å². The first-order valence-electron chi connectivity index (χ1n) is 4.62. The van der Waals surface area contributed by atoms with Gasteiger partial charge in [-0.25, -0.2) is 8.78 Å². The van der Waals surface area contributed by atoms with Crippen LogP contribution in [0.25, 0.3) is 0 Å². The smallest absolute Gasteiger partial charge is 0.307 e. The maximum atomic E-state index is 12.0. The lowest BCUT2D eigenvalue weighted by Gasteiger charge is -2.21. The Hall–Kier alpha value is -0.920. The average molecular weight is 366 g/mol. The zero-order chi connectivity index (χ0) is 18.8. The van der Waals surface area contributed by atoms with E-state index in [0.29, 0.717) is 7.18 Å². The van der Waals surface area contributed by atoms with Crippen LogP contribution in [0.4, 0.5) is 52.7 Å². The lowest BCUT2D eigenvalue weighted by molar-refractivity contribution is -0.352. The van der Waals surface area contributed by atoms with E-state index in [2.05, 4.69) is 9.47 Å². The molecule has 0 spiro atoms. The van der Waals surface area contributed by atoms with Crippen LogP contribution in [0.15, 0.2) is 0 Å². The van der Waals surface area contributed by atoms with Crippen molar-refractivity contribution >= 4 is 0 Å². The van der Waals surface area contributed by atoms with Crippen molar-refractivity contribution in [2.75, 3.05) is 20.6 Å². The van der Waals surface area contributed by atoms with Crippen LogP contribution < -0.4 is 0 Å². The number of ether oxygens (including phenoxy) is 2. The van der Waals surface area contributed by atoms with Gasteiger partial charge in [0.25, 0.3) is 0 Å². The summed E-state index contributed by atoms with van der Waals surface area (Å²) in [5, 5.41) is 0. The summed E-state index contributed by atoms with van der Waals surface area (Å²) in [4.78, 5) is 0. The molecule has 0 aromatic carbocycles. The lowest BCUT2D eigenvalue weighted by Crippen LogP contribution is -2.40. The highest BCUT2D eigenvalue weighted by Gasteiger charge is 2.53. The number of hydrogen-bond donors (Lipinski definition) is 0. The van der Waals surface area contributed by atoms with E-state index in [1.807, 2.05) is 0 Å². The second-order valence-electron chi connectivity index (χ2n) is 3.02. The lowest BCUT2D eigenvalue weighted by atomic mass is 10.3. The van der Waals surface area contributed by atoms with Crippen molar-refractivity contribution < 1.29 is 62.2 Å². The number of rotatable bonds is 3. The van der Waals surface area contributed by atoms with Crippen molar-refractivity contribution in [3.8, 4) is 0 Å². The van der Waals surface area contributed by atoms with Crippen LogP contribution in [0.2, 0.25) is 0 Å². The molecular formula is C8H10F12O2. The number of hydrogen-bond acceptors (Lipinski definition) is 2. The molecule has 0 aromatic rings. The Bertz CT molecular complexity index is 252. The Labute approximate surface area is 116 Å². The molecule has 0 heterocycles. The van der Waals surface area contributed by atoms with E-state index in [0.717, 1.165) is 0 Å². The Morgan fingerprint density at radius 3 is 1.18 bits per heavy atom. The molecule has 0 N–H and O–H groups in total. The molecule has 138 valence electrons. The van der Waals surface area contributed by atoms with Gasteiger partial charge in [0.2, 0.25) is 0 Å². The highest BCUT2D eigenvalue weighted by Crippen LogP contribution is 2.34. The van der Waals surface area contributed by atoms with E-state index >= 15 is 0 Å². The van der Waals surface area contributed by atoms with Gasteiger partial charge >= 0.3 is 24.6 Å². The van der Waals surface area contributed by atoms with E-state index in [-0.39, 0.29) is 6.92 Å². The molecule has 0 rings (SSSR count). The van der Waals surface area contributed by atoms with E-state index < -0.39 is 38.0 Å². The average Bonchev–Trinajstić information content (AvgIpc) is 2.27. The van der Waals surface area contributed by atoms with Crippen molar-refractivity contribution in [1.82, 2.24) is 0 Å². The van der Waals surface area contributed by atoms with Gasteiger partial charge < -0.3 is 4.74 Å². The Balaban J connectivity index is -0.000000294. The number of halogens is 12. The summed E-state index contributed by atoms with van der Waals surface area (Å²) >= 11 is 0. The summed E-state index contributed by atoms with van der Waals surface area (Å²) in [5.74, 6) is -3.89. The molecule has 0 amide bonds.